The predicted octanol–water partition coefficient (Wildman–Crippen LogP) is 1.70. The number of ether oxygens (including phenoxy) is 2. The van der Waals surface area contributed by atoms with Crippen LogP contribution >= 0.6 is 0 Å². The van der Waals surface area contributed by atoms with E-state index in [0.717, 1.165) is 5.75 Å². The van der Waals surface area contributed by atoms with E-state index >= 15 is 0 Å². The molecule has 1 aromatic carbocycles. The lowest BCUT2D eigenvalue weighted by atomic mass is 10.0. The molecule has 0 unspecified atom stereocenters. The third-order valence-electron chi connectivity index (χ3n) is 2.92. The van der Waals surface area contributed by atoms with Gasteiger partial charge in [-0.15, -0.1) is 0 Å². The van der Waals surface area contributed by atoms with Crippen LogP contribution in [-0.2, 0) is 9.53 Å². The van der Waals surface area contributed by atoms with E-state index in [1.54, 1.807) is 0 Å². The zero-order chi connectivity index (χ0) is 13.0. The van der Waals surface area contributed by atoms with Gasteiger partial charge in [-0.05, 0) is 23.6 Å². The van der Waals surface area contributed by atoms with Crippen molar-refractivity contribution in [2.45, 2.75) is 25.8 Å². The van der Waals surface area contributed by atoms with E-state index in [-0.39, 0.29) is 18.6 Å². The van der Waals surface area contributed by atoms with Crippen molar-refractivity contribution in [1.82, 2.24) is 5.32 Å². The average molecular weight is 249 g/mol. The van der Waals surface area contributed by atoms with Gasteiger partial charge in [-0.3, -0.25) is 4.79 Å². The summed E-state index contributed by atoms with van der Waals surface area (Å²) in [5.41, 5.74) is 1.26. The molecule has 1 fully saturated rings. The van der Waals surface area contributed by atoms with Crippen LogP contribution in [0.3, 0.4) is 0 Å². The standard InChI is InChI=1S/C14H19NO3/c1-10(2)11-3-5-13(6-4-11)18-9-14(16)15-12-7-17-8-12/h3-6,10,12H,7-9H2,1-2H3,(H,15,16). The Morgan fingerprint density at radius 3 is 2.56 bits per heavy atom. The first-order valence-electron chi connectivity index (χ1n) is 6.25. The first-order chi connectivity index (χ1) is 8.65. The number of hydrogen-bond acceptors (Lipinski definition) is 3. The second kappa shape index (κ2) is 5.87. The summed E-state index contributed by atoms with van der Waals surface area (Å²) < 4.78 is 10.4. The van der Waals surface area contributed by atoms with Crippen LogP contribution in [0.5, 0.6) is 5.75 Å². The third kappa shape index (κ3) is 3.47. The number of rotatable bonds is 5. The van der Waals surface area contributed by atoms with Crippen LogP contribution in [0.2, 0.25) is 0 Å². The van der Waals surface area contributed by atoms with Crippen LogP contribution in [-0.4, -0.2) is 31.8 Å². The summed E-state index contributed by atoms with van der Waals surface area (Å²) in [6.07, 6.45) is 0. The van der Waals surface area contributed by atoms with Crippen molar-refractivity contribution in [2.24, 2.45) is 0 Å². The van der Waals surface area contributed by atoms with Crippen LogP contribution in [0.15, 0.2) is 24.3 Å². The molecule has 1 aromatic rings. The highest BCUT2D eigenvalue weighted by Gasteiger charge is 2.20. The van der Waals surface area contributed by atoms with Gasteiger partial charge in [0.2, 0.25) is 0 Å². The third-order valence-corrected chi connectivity index (χ3v) is 2.92. The van der Waals surface area contributed by atoms with Crippen LogP contribution in [0.25, 0.3) is 0 Å². The number of benzene rings is 1. The van der Waals surface area contributed by atoms with Crippen LogP contribution in [0.1, 0.15) is 25.3 Å². The Morgan fingerprint density at radius 1 is 1.39 bits per heavy atom. The molecule has 0 atom stereocenters. The first-order valence-corrected chi connectivity index (χ1v) is 6.25. The molecule has 18 heavy (non-hydrogen) atoms. The van der Waals surface area contributed by atoms with Gasteiger partial charge in [-0.25, -0.2) is 0 Å². The summed E-state index contributed by atoms with van der Waals surface area (Å²) in [5, 5.41) is 2.83. The highest BCUT2D eigenvalue weighted by atomic mass is 16.5. The Bertz CT molecular complexity index is 396. The molecule has 1 N–H and O–H groups in total. The molecule has 0 bridgehead atoms. The monoisotopic (exact) mass is 249 g/mol. The van der Waals surface area contributed by atoms with E-state index in [1.807, 2.05) is 24.3 Å². The van der Waals surface area contributed by atoms with E-state index in [4.69, 9.17) is 9.47 Å². The fourth-order valence-electron chi connectivity index (χ4n) is 1.69. The van der Waals surface area contributed by atoms with Gasteiger partial charge in [0.05, 0.1) is 19.3 Å². The summed E-state index contributed by atoms with van der Waals surface area (Å²) in [6, 6.07) is 8.00. The molecule has 1 aliphatic heterocycles. The quantitative estimate of drug-likeness (QED) is 0.864. The smallest absolute Gasteiger partial charge is 0.258 e. The number of hydrogen-bond donors (Lipinski definition) is 1. The predicted molar refractivity (Wildman–Crippen MR) is 68.8 cm³/mol. The van der Waals surface area contributed by atoms with Crippen molar-refractivity contribution in [3.8, 4) is 5.75 Å². The minimum Gasteiger partial charge on any atom is -0.484 e. The normalized spacial score (nSPS) is 15.3. The van der Waals surface area contributed by atoms with Crippen molar-refractivity contribution in [3.63, 3.8) is 0 Å². The first kappa shape index (κ1) is 12.9. The van der Waals surface area contributed by atoms with Gasteiger partial charge in [0.25, 0.3) is 5.91 Å². The fraction of sp³-hybridized carbons (Fsp3) is 0.500. The number of carbonyl (C=O) groups excluding carboxylic acids is 1. The molecule has 0 aliphatic carbocycles. The van der Waals surface area contributed by atoms with E-state index in [2.05, 4.69) is 19.2 Å². The molecule has 0 aromatic heterocycles. The molecule has 2 rings (SSSR count). The highest BCUT2D eigenvalue weighted by Crippen LogP contribution is 2.18. The Balaban J connectivity index is 1.76. The maximum Gasteiger partial charge on any atom is 0.258 e. The molecule has 98 valence electrons. The molecule has 1 aliphatic rings. The molecule has 1 amide bonds. The lowest BCUT2D eigenvalue weighted by Crippen LogP contribution is -2.49. The van der Waals surface area contributed by atoms with E-state index in [1.165, 1.54) is 5.56 Å². The molecule has 0 radical (unpaired) electrons. The minimum absolute atomic E-state index is 0.0531. The zero-order valence-corrected chi connectivity index (χ0v) is 10.8. The Labute approximate surface area is 107 Å². The molecule has 1 saturated heterocycles. The summed E-state index contributed by atoms with van der Waals surface area (Å²) in [4.78, 5) is 11.5. The molecule has 4 heteroatoms. The Kier molecular flexibility index (Phi) is 4.20. The lowest BCUT2D eigenvalue weighted by molar-refractivity contribution is -0.127. The van der Waals surface area contributed by atoms with Crippen LogP contribution < -0.4 is 10.1 Å². The van der Waals surface area contributed by atoms with Crippen LogP contribution in [0.4, 0.5) is 0 Å². The van der Waals surface area contributed by atoms with Gasteiger partial charge >= 0.3 is 0 Å². The topological polar surface area (TPSA) is 47.6 Å². The van der Waals surface area contributed by atoms with Gasteiger partial charge in [-0.2, -0.15) is 0 Å². The summed E-state index contributed by atoms with van der Waals surface area (Å²) in [5.74, 6) is 1.12. The van der Waals surface area contributed by atoms with Crippen molar-refractivity contribution in [3.05, 3.63) is 29.8 Å². The highest BCUT2D eigenvalue weighted by molar-refractivity contribution is 5.77. The summed E-state index contributed by atoms with van der Waals surface area (Å²) >= 11 is 0. The van der Waals surface area contributed by atoms with Gasteiger partial charge < -0.3 is 14.8 Å². The average Bonchev–Trinajstić information content (AvgIpc) is 2.32. The Morgan fingerprint density at radius 2 is 2.06 bits per heavy atom. The molecule has 0 spiro atoms. The van der Waals surface area contributed by atoms with E-state index in [0.29, 0.717) is 19.1 Å². The van der Waals surface area contributed by atoms with Gasteiger partial charge in [0.15, 0.2) is 6.61 Å². The summed E-state index contributed by atoms with van der Waals surface area (Å²) in [7, 11) is 0. The summed E-state index contributed by atoms with van der Waals surface area (Å²) in [6.45, 7) is 5.55. The number of nitrogens with one attached hydrogen (secondary N) is 1. The SMILES string of the molecule is CC(C)c1ccc(OCC(=O)NC2COC2)cc1. The Hall–Kier alpha value is -1.55. The second-order valence-corrected chi connectivity index (χ2v) is 4.81. The fourth-order valence-corrected chi connectivity index (χ4v) is 1.69. The minimum atomic E-state index is -0.101. The van der Waals surface area contributed by atoms with Crippen molar-refractivity contribution in [2.75, 3.05) is 19.8 Å². The zero-order valence-electron chi connectivity index (χ0n) is 10.8. The van der Waals surface area contributed by atoms with Crippen molar-refractivity contribution in [1.29, 1.82) is 0 Å². The second-order valence-electron chi connectivity index (χ2n) is 4.81. The van der Waals surface area contributed by atoms with Gasteiger partial charge in [-0.1, -0.05) is 26.0 Å². The molecule has 0 saturated carbocycles. The van der Waals surface area contributed by atoms with E-state index < -0.39 is 0 Å². The maximum atomic E-state index is 11.5. The van der Waals surface area contributed by atoms with E-state index in [9.17, 15) is 4.79 Å². The molecule has 1 heterocycles. The molecular weight excluding hydrogens is 230 g/mol. The number of carbonyl (C=O) groups is 1. The van der Waals surface area contributed by atoms with Crippen LogP contribution in [0, 0.1) is 0 Å². The maximum absolute atomic E-state index is 11.5. The number of amides is 1. The van der Waals surface area contributed by atoms with Crippen molar-refractivity contribution >= 4 is 5.91 Å². The molecular formula is C14H19NO3. The van der Waals surface area contributed by atoms with Crippen molar-refractivity contribution < 1.29 is 14.3 Å². The lowest BCUT2D eigenvalue weighted by Gasteiger charge is -2.26. The van der Waals surface area contributed by atoms with Gasteiger partial charge in [0.1, 0.15) is 5.75 Å². The van der Waals surface area contributed by atoms with Gasteiger partial charge in [0, 0.05) is 0 Å². The molecule has 4 nitrogen and oxygen atoms in total. The largest absolute Gasteiger partial charge is 0.484 e.